The molecule has 2 heterocycles. The van der Waals surface area contributed by atoms with Gasteiger partial charge in [-0.15, -0.1) is 0 Å². The molecule has 1 aromatic carbocycles. The number of rotatable bonds is 8. The van der Waals surface area contributed by atoms with E-state index < -0.39 is 12.1 Å². The topological polar surface area (TPSA) is 105 Å². The van der Waals surface area contributed by atoms with Crippen LogP contribution in [0, 0.1) is 17.8 Å². The number of aldehydes is 1. The van der Waals surface area contributed by atoms with Crippen molar-refractivity contribution in [2.24, 2.45) is 17.8 Å². The van der Waals surface area contributed by atoms with E-state index in [4.69, 9.17) is 27.9 Å². The van der Waals surface area contributed by atoms with Crippen LogP contribution in [-0.2, 0) is 19.2 Å². The predicted molar refractivity (Wildman–Crippen MR) is 127 cm³/mol. The zero-order valence-electron chi connectivity index (χ0n) is 18.8. The van der Waals surface area contributed by atoms with Crippen molar-refractivity contribution in [2.75, 3.05) is 19.7 Å². The summed E-state index contributed by atoms with van der Waals surface area (Å²) in [6.07, 6.45) is 5.30. The molecule has 3 aliphatic rings. The smallest absolute Gasteiger partial charge is 0.261 e. The van der Waals surface area contributed by atoms with Crippen molar-refractivity contribution < 1.29 is 23.9 Å². The Kier molecular flexibility index (Phi) is 7.99. The lowest BCUT2D eigenvalue weighted by molar-refractivity contribution is -0.141. The van der Waals surface area contributed by atoms with Crippen LogP contribution in [0.15, 0.2) is 18.2 Å². The van der Waals surface area contributed by atoms with Crippen LogP contribution < -0.4 is 15.4 Å². The molecule has 1 aliphatic carbocycles. The Morgan fingerprint density at radius 1 is 1.24 bits per heavy atom. The molecule has 10 heteroatoms. The normalized spacial score (nSPS) is 27.0. The fourth-order valence-corrected chi connectivity index (χ4v) is 5.96. The lowest BCUT2D eigenvalue weighted by atomic mass is 9.91. The van der Waals surface area contributed by atoms with E-state index in [1.54, 1.807) is 17.0 Å². The Morgan fingerprint density at radius 2 is 2.06 bits per heavy atom. The molecule has 3 amide bonds. The van der Waals surface area contributed by atoms with Crippen molar-refractivity contribution in [1.82, 2.24) is 15.5 Å². The van der Waals surface area contributed by atoms with E-state index in [0.717, 1.165) is 25.7 Å². The second kappa shape index (κ2) is 11.0. The number of likely N-dealkylation sites (tertiary alicyclic amines) is 1. The fraction of sp³-hybridized carbons (Fsp3) is 0.583. The Morgan fingerprint density at radius 3 is 2.79 bits per heavy atom. The number of ether oxygens (including phenoxy) is 1. The Balaban J connectivity index is 1.41. The van der Waals surface area contributed by atoms with Gasteiger partial charge in [0.1, 0.15) is 18.1 Å². The van der Waals surface area contributed by atoms with Crippen LogP contribution in [0.25, 0.3) is 0 Å². The molecule has 3 unspecified atom stereocenters. The summed E-state index contributed by atoms with van der Waals surface area (Å²) in [4.78, 5) is 51.8. The van der Waals surface area contributed by atoms with Crippen molar-refractivity contribution in [3.05, 3.63) is 28.2 Å². The molecule has 5 atom stereocenters. The van der Waals surface area contributed by atoms with Crippen LogP contribution in [0.5, 0.6) is 5.75 Å². The van der Waals surface area contributed by atoms with E-state index in [1.165, 1.54) is 6.07 Å². The van der Waals surface area contributed by atoms with Gasteiger partial charge >= 0.3 is 0 Å². The average Bonchev–Trinajstić information content (AvgIpc) is 3.40. The number of hydrogen-bond donors (Lipinski definition) is 2. The first-order valence-corrected chi connectivity index (χ1v) is 12.5. The number of piperidine rings is 1. The molecule has 8 nitrogen and oxygen atoms in total. The molecular weight excluding hydrogens is 481 g/mol. The molecule has 34 heavy (non-hydrogen) atoms. The first kappa shape index (κ1) is 24.8. The highest BCUT2D eigenvalue weighted by Crippen LogP contribution is 2.42. The number of nitrogens with zero attached hydrogens (tertiary/aromatic N) is 1. The average molecular weight is 510 g/mol. The minimum Gasteiger partial charge on any atom is -0.482 e. The fourth-order valence-electron chi connectivity index (χ4n) is 5.50. The number of fused-ring (bicyclic) bond motifs is 1. The van der Waals surface area contributed by atoms with E-state index in [0.29, 0.717) is 41.6 Å². The maximum atomic E-state index is 13.3. The largest absolute Gasteiger partial charge is 0.482 e. The minimum absolute atomic E-state index is 0.0494. The second-order valence-corrected chi connectivity index (χ2v) is 10.2. The van der Waals surface area contributed by atoms with Crippen molar-refractivity contribution in [3.63, 3.8) is 0 Å². The molecule has 4 rings (SSSR count). The van der Waals surface area contributed by atoms with Crippen molar-refractivity contribution in [2.45, 2.75) is 50.6 Å². The number of halogens is 2. The van der Waals surface area contributed by atoms with Gasteiger partial charge < -0.3 is 25.1 Å². The number of amides is 3. The highest BCUT2D eigenvalue weighted by molar-refractivity contribution is 6.35. The molecule has 2 N–H and O–H groups in total. The maximum absolute atomic E-state index is 13.3. The van der Waals surface area contributed by atoms with Gasteiger partial charge in [-0.1, -0.05) is 29.6 Å². The van der Waals surface area contributed by atoms with E-state index >= 15 is 0 Å². The predicted octanol–water partition coefficient (Wildman–Crippen LogP) is 2.60. The Bertz CT molecular complexity index is 959. The van der Waals surface area contributed by atoms with E-state index in [2.05, 4.69) is 10.6 Å². The molecule has 0 radical (unpaired) electrons. The zero-order valence-corrected chi connectivity index (χ0v) is 20.3. The summed E-state index contributed by atoms with van der Waals surface area (Å²) < 4.78 is 5.62. The molecule has 0 aromatic heterocycles. The van der Waals surface area contributed by atoms with Crippen LogP contribution in [0.1, 0.15) is 38.5 Å². The number of hydrogen-bond acceptors (Lipinski definition) is 5. The third kappa shape index (κ3) is 5.49. The molecule has 2 aliphatic heterocycles. The van der Waals surface area contributed by atoms with Gasteiger partial charge in [0.05, 0.1) is 11.1 Å². The van der Waals surface area contributed by atoms with Crippen molar-refractivity contribution in [3.8, 4) is 5.75 Å². The van der Waals surface area contributed by atoms with E-state index in [9.17, 15) is 19.2 Å². The van der Waals surface area contributed by atoms with Gasteiger partial charge in [-0.25, -0.2) is 0 Å². The molecule has 0 bridgehead atoms. The molecular formula is C24H29Cl2N3O5. The molecule has 1 aromatic rings. The van der Waals surface area contributed by atoms with Gasteiger partial charge in [-0.05, 0) is 62.1 Å². The Hall–Kier alpha value is -2.32. The second-order valence-electron chi connectivity index (χ2n) is 9.33. The highest BCUT2D eigenvalue weighted by atomic mass is 35.5. The highest BCUT2D eigenvalue weighted by Gasteiger charge is 2.49. The molecule has 3 fully saturated rings. The summed E-state index contributed by atoms with van der Waals surface area (Å²) in [5, 5.41) is 6.37. The number of carbonyl (C=O) groups excluding carboxylic acids is 4. The standard InChI is InChI=1S/C24H29Cl2N3O5/c25-16-6-7-20(19(26)10-16)34-13-21(31)29-11-15-3-1-5-18(15)22(29)24(33)28-17(12-30)9-14-4-2-8-27-23(14)32/h6-7,10,12,14-15,17-18,22H,1-5,8-9,11,13H2,(H,27,32)(H,28,33)/t14-,15?,17-,18?,22?/m0/s1. The van der Waals surface area contributed by atoms with Crippen molar-refractivity contribution in [1.29, 1.82) is 0 Å². The van der Waals surface area contributed by atoms with Crippen LogP contribution in [0.4, 0.5) is 0 Å². The van der Waals surface area contributed by atoms with Gasteiger partial charge in [-0.2, -0.15) is 0 Å². The monoisotopic (exact) mass is 509 g/mol. The zero-order chi connectivity index (χ0) is 24.2. The third-order valence-electron chi connectivity index (χ3n) is 7.15. The van der Waals surface area contributed by atoms with Crippen molar-refractivity contribution >= 4 is 47.2 Å². The minimum atomic E-state index is -0.775. The first-order chi connectivity index (χ1) is 16.4. The van der Waals surface area contributed by atoms with Crippen LogP contribution >= 0.6 is 23.2 Å². The van der Waals surface area contributed by atoms with Crippen LogP contribution in [0.2, 0.25) is 10.0 Å². The number of nitrogens with one attached hydrogen (secondary N) is 2. The van der Waals surface area contributed by atoms with Crippen LogP contribution in [0.3, 0.4) is 0 Å². The third-order valence-corrected chi connectivity index (χ3v) is 7.68. The maximum Gasteiger partial charge on any atom is 0.261 e. The summed E-state index contributed by atoms with van der Waals surface area (Å²) in [6.45, 7) is 0.860. The molecule has 2 saturated heterocycles. The van der Waals surface area contributed by atoms with Gasteiger partial charge in [0.25, 0.3) is 5.91 Å². The summed E-state index contributed by atoms with van der Waals surface area (Å²) in [5.74, 6) is -0.408. The lowest BCUT2D eigenvalue weighted by Crippen LogP contribution is -2.53. The number of benzene rings is 1. The Labute approximate surface area is 208 Å². The molecule has 184 valence electrons. The van der Waals surface area contributed by atoms with E-state index in [1.807, 2.05) is 0 Å². The van der Waals surface area contributed by atoms with Gasteiger partial charge in [-0.3, -0.25) is 14.4 Å². The SMILES string of the molecule is O=C[C@H](C[C@@H]1CCCNC1=O)NC(=O)C1C2CCCC2CN1C(=O)COc1ccc(Cl)cc1Cl. The quantitative estimate of drug-likeness (QED) is 0.524. The van der Waals surface area contributed by atoms with Gasteiger partial charge in [0.15, 0.2) is 6.61 Å². The summed E-state index contributed by atoms with van der Waals surface area (Å²) in [6, 6.07) is 3.31. The summed E-state index contributed by atoms with van der Waals surface area (Å²) >= 11 is 12.0. The van der Waals surface area contributed by atoms with Crippen LogP contribution in [-0.4, -0.2) is 60.7 Å². The van der Waals surface area contributed by atoms with Gasteiger partial charge in [0, 0.05) is 24.0 Å². The molecule has 1 saturated carbocycles. The number of carbonyl (C=O) groups is 4. The lowest BCUT2D eigenvalue weighted by Gasteiger charge is -2.29. The summed E-state index contributed by atoms with van der Waals surface area (Å²) in [7, 11) is 0. The van der Waals surface area contributed by atoms with Gasteiger partial charge in [0.2, 0.25) is 11.8 Å². The summed E-state index contributed by atoms with van der Waals surface area (Å²) in [5.41, 5.74) is 0. The van der Waals surface area contributed by atoms with E-state index in [-0.39, 0.29) is 48.5 Å². The molecule has 0 spiro atoms. The first-order valence-electron chi connectivity index (χ1n) is 11.8.